The highest BCUT2D eigenvalue weighted by atomic mass is 19.1. The van der Waals surface area contributed by atoms with E-state index in [1.54, 1.807) is 12.1 Å². The fraction of sp³-hybridized carbons (Fsp3) is 0.200. The third kappa shape index (κ3) is 2.97. The molecule has 0 aliphatic rings. The van der Waals surface area contributed by atoms with Crippen LogP contribution in [0.3, 0.4) is 0 Å². The lowest BCUT2D eigenvalue weighted by Gasteiger charge is -1.99. The molecule has 0 heterocycles. The predicted octanol–water partition coefficient (Wildman–Crippen LogP) is 1.32. The third-order valence-corrected chi connectivity index (χ3v) is 1.58. The standard InChI is InChI=1S/C10H11FO2/c11-10-5-8(2-1-3-12)4-9(6-10)7-13/h1-2,4-6,12-13H,3,7H2. The predicted molar refractivity (Wildman–Crippen MR) is 48.4 cm³/mol. The lowest BCUT2D eigenvalue weighted by molar-refractivity contribution is 0.281. The van der Waals surface area contributed by atoms with Gasteiger partial charge >= 0.3 is 0 Å². The van der Waals surface area contributed by atoms with Crippen molar-refractivity contribution in [2.24, 2.45) is 0 Å². The Labute approximate surface area is 76.0 Å². The summed E-state index contributed by atoms with van der Waals surface area (Å²) in [6.45, 7) is -0.261. The zero-order valence-electron chi connectivity index (χ0n) is 7.07. The number of halogens is 1. The highest BCUT2D eigenvalue weighted by molar-refractivity contribution is 5.50. The van der Waals surface area contributed by atoms with Gasteiger partial charge in [0.1, 0.15) is 5.82 Å². The van der Waals surface area contributed by atoms with Crippen molar-refractivity contribution in [2.45, 2.75) is 6.61 Å². The fourth-order valence-corrected chi connectivity index (χ4v) is 1.05. The van der Waals surface area contributed by atoms with E-state index >= 15 is 0 Å². The van der Waals surface area contributed by atoms with Crippen LogP contribution in [0.1, 0.15) is 11.1 Å². The molecule has 0 aromatic heterocycles. The molecule has 13 heavy (non-hydrogen) atoms. The minimum Gasteiger partial charge on any atom is -0.392 e. The van der Waals surface area contributed by atoms with Gasteiger partial charge in [-0.3, -0.25) is 0 Å². The van der Waals surface area contributed by atoms with Crippen LogP contribution >= 0.6 is 0 Å². The molecule has 0 saturated heterocycles. The minimum absolute atomic E-state index is 0.0784. The van der Waals surface area contributed by atoms with E-state index in [1.165, 1.54) is 18.2 Å². The van der Waals surface area contributed by atoms with Crippen molar-refractivity contribution in [3.63, 3.8) is 0 Å². The maximum absolute atomic E-state index is 12.8. The Morgan fingerprint density at radius 1 is 1.23 bits per heavy atom. The van der Waals surface area contributed by atoms with Crippen LogP contribution in [0.2, 0.25) is 0 Å². The molecular weight excluding hydrogens is 171 g/mol. The maximum atomic E-state index is 12.8. The van der Waals surface area contributed by atoms with Gasteiger partial charge in [0.15, 0.2) is 0 Å². The van der Waals surface area contributed by atoms with Crippen LogP contribution in [-0.2, 0) is 6.61 Å². The van der Waals surface area contributed by atoms with Gasteiger partial charge in [-0.05, 0) is 29.3 Å². The number of hydrogen-bond donors (Lipinski definition) is 2. The van der Waals surface area contributed by atoms with Gasteiger partial charge < -0.3 is 10.2 Å². The SMILES string of the molecule is OCC=Cc1cc(F)cc(CO)c1. The van der Waals surface area contributed by atoms with Crippen molar-refractivity contribution in [1.29, 1.82) is 0 Å². The molecule has 0 unspecified atom stereocenters. The highest BCUT2D eigenvalue weighted by Crippen LogP contribution is 2.10. The van der Waals surface area contributed by atoms with Gasteiger partial charge in [0.05, 0.1) is 13.2 Å². The first-order valence-electron chi connectivity index (χ1n) is 3.94. The second-order valence-corrected chi connectivity index (χ2v) is 2.64. The average molecular weight is 182 g/mol. The second kappa shape index (κ2) is 4.74. The van der Waals surface area contributed by atoms with E-state index in [4.69, 9.17) is 10.2 Å². The van der Waals surface area contributed by atoms with Crippen molar-refractivity contribution in [3.05, 3.63) is 41.2 Å². The molecule has 70 valence electrons. The third-order valence-electron chi connectivity index (χ3n) is 1.58. The summed E-state index contributed by atoms with van der Waals surface area (Å²) in [6, 6.07) is 4.27. The van der Waals surface area contributed by atoms with Gasteiger partial charge in [-0.25, -0.2) is 4.39 Å². The Bertz CT molecular complexity index is 308. The Morgan fingerprint density at radius 2 is 2.00 bits per heavy atom. The van der Waals surface area contributed by atoms with Gasteiger partial charge in [0, 0.05) is 0 Å². The van der Waals surface area contributed by atoms with E-state index in [2.05, 4.69) is 0 Å². The quantitative estimate of drug-likeness (QED) is 0.740. The first kappa shape index (κ1) is 9.89. The normalized spacial score (nSPS) is 11.0. The van der Waals surface area contributed by atoms with Crippen LogP contribution in [0.25, 0.3) is 6.08 Å². The van der Waals surface area contributed by atoms with Crippen molar-refractivity contribution in [3.8, 4) is 0 Å². The molecule has 0 spiro atoms. The van der Waals surface area contributed by atoms with Gasteiger partial charge in [0.2, 0.25) is 0 Å². The summed E-state index contributed by atoms with van der Waals surface area (Å²) in [4.78, 5) is 0. The van der Waals surface area contributed by atoms with E-state index in [9.17, 15) is 4.39 Å². The number of benzene rings is 1. The summed E-state index contributed by atoms with van der Waals surface area (Å²) < 4.78 is 12.8. The van der Waals surface area contributed by atoms with Crippen LogP contribution in [0.5, 0.6) is 0 Å². The second-order valence-electron chi connectivity index (χ2n) is 2.64. The lowest BCUT2D eigenvalue weighted by atomic mass is 10.1. The Hall–Kier alpha value is -1.19. The summed E-state index contributed by atoms with van der Waals surface area (Å²) >= 11 is 0. The number of aliphatic hydroxyl groups excluding tert-OH is 2. The van der Waals surface area contributed by atoms with Crippen molar-refractivity contribution >= 4 is 6.08 Å². The van der Waals surface area contributed by atoms with Gasteiger partial charge in [-0.15, -0.1) is 0 Å². The van der Waals surface area contributed by atoms with E-state index in [-0.39, 0.29) is 19.0 Å². The van der Waals surface area contributed by atoms with E-state index in [0.29, 0.717) is 11.1 Å². The summed E-state index contributed by atoms with van der Waals surface area (Å²) in [5.41, 5.74) is 1.16. The average Bonchev–Trinajstić information content (AvgIpc) is 2.14. The molecular formula is C10H11FO2. The van der Waals surface area contributed by atoms with Crippen LogP contribution in [0.4, 0.5) is 4.39 Å². The molecule has 1 aromatic carbocycles. The minimum atomic E-state index is -0.385. The first-order chi connectivity index (χ1) is 6.26. The fourth-order valence-electron chi connectivity index (χ4n) is 1.05. The summed E-state index contributed by atoms with van der Waals surface area (Å²) in [5.74, 6) is -0.385. The molecule has 0 radical (unpaired) electrons. The smallest absolute Gasteiger partial charge is 0.124 e. The Morgan fingerprint density at radius 3 is 2.62 bits per heavy atom. The van der Waals surface area contributed by atoms with Crippen LogP contribution < -0.4 is 0 Å². The molecule has 0 atom stereocenters. The summed E-state index contributed by atoms with van der Waals surface area (Å²) in [6.07, 6.45) is 3.11. The van der Waals surface area contributed by atoms with Gasteiger partial charge in [0.25, 0.3) is 0 Å². The first-order valence-corrected chi connectivity index (χ1v) is 3.94. The zero-order chi connectivity index (χ0) is 9.68. The molecule has 2 N–H and O–H groups in total. The van der Waals surface area contributed by atoms with Crippen molar-refractivity contribution in [1.82, 2.24) is 0 Å². The molecule has 0 amide bonds. The van der Waals surface area contributed by atoms with Gasteiger partial charge in [-0.2, -0.15) is 0 Å². The number of hydrogen-bond acceptors (Lipinski definition) is 2. The van der Waals surface area contributed by atoms with Crippen molar-refractivity contribution < 1.29 is 14.6 Å². The summed E-state index contributed by atoms with van der Waals surface area (Å²) in [7, 11) is 0. The largest absolute Gasteiger partial charge is 0.392 e. The monoisotopic (exact) mass is 182 g/mol. The van der Waals surface area contributed by atoms with E-state index in [1.807, 2.05) is 0 Å². The maximum Gasteiger partial charge on any atom is 0.124 e. The molecule has 0 fully saturated rings. The van der Waals surface area contributed by atoms with Crippen LogP contribution in [0.15, 0.2) is 24.3 Å². The molecule has 3 heteroatoms. The molecule has 1 aromatic rings. The molecule has 1 rings (SSSR count). The zero-order valence-corrected chi connectivity index (χ0v) is 7.07. The molecule has 0 bridgehead atoms. The Balaban J connectivity index is 2.94. The number of aliphatic hydroxyl groups is 2. The van der Waals surface area contributed by atoms with E-state index in [0.717, 1.165) is 0 Å². The van der Waals surface area contributed by atoms with E-state index < -0.39 is 0 Å². The topological polar surface area (TPSA) is 40.5 Å². The highest BCUT2D eigenvalue weighted by Gasteiger charge is 1.96. The van der Waals surface area contributed by atoms with Crippen molar-refractivity contribution in [2.75, 3.05) is 6.61 Å². The lowest BCUT2D eigenvalue weighted by Crippen LogP contribution is -1.87. The van der Waals surface area contributed by atoms with Gasteiger partial charge in [-0.1, -0.05) is 12.2 Å². The molecule has 0 aliphatic carbocycles. The molecule has 0 aliphatic heterocycles. The van der Waals surface area contributed by atoms with Crippen LogP contribution in [-0.4, -0.2) is 16.8 Å². The molecule has 2 nitrogen and oxygen atoms in total. The number of rotatable bonds is 3. The summed E-state index contributed by atoms with van der Waals surface area (Å²) in [5, 5.41) is 17.3. The Kier molecular flexibility index (Phi) is 3.61. The van der Waals surface area contributed by atoms with Crippen LogP contribution in [0, 0.1) is 5.82 Å². The molecule has 0 saturated carbocycles.